The zero-order chi connectivity index (χ0) is 14.3. The lowest BCUT2D eigenvalue weighted by Gasteiger charge is -2.35. The molecular formula is C15H24N4O. The van der Waals surface area contributed by atoms with Gasteiger partial charge in [-0.3, -0.25) is 9.69 Å². The molecule has 110 valence electrons. The van der Waals surface area contributed by atoms with Gasteiger partial charge in [0.1, 0.15) is 5.69 Å². The zero-order valence-corrected chi connectivity index (χ0v) is 12.4. The summed E-state index contributed by atoms with van der Waals surface area (Å²) in [6.07, 6.45) is 4.53. The zero-order valence-electron chi connectivity index (χ0n) is 12.4. The first-order chi connectivity index (χ1) is 9.56. The van der Waals surface area contributed by atoms with Crippen LogP contribution in [0.5, 0.6) is 0 Å². The van der Waals surface area contributed by atoms with E-state index in [9.17, 15) is 4.79 Å². The van der Waals surface area contributed by atoms with Gasteiger partial charge in [0.15, 0.2) is 0 Å². The van der Waals surface area contributed by atoms with Gasteiger partial charge in [-0.2, -0.15) is 0 Å². The number of amides is 1. The van der Waals surface area contributed by atoms with E-state index in [0.29, 0.717) is 5.69 Å². The van der Waals surface area contributed by atoms with Crippen LogP contribution in [0.2, 0.25) is 0 Å². The summed E-state index contributed by atoms with van der Waals surface area (Å²) in [5, 5.41) is 0. The normalized spacial score (nSPS) is 20.6. The summed E-state index contributed by atoms with van der Waals surface area (Å²) in [5.74, 6) is 0.117. The van der Waals surface area contributed by atoms with E-state index in [4.69, 9.17) is 5.73 Å². The maximum atomic E-state index is 12.7. The molecule has 5 nitrogen and oxygen atoms in total. The summed E-state index contributed by atoms with van der Waals surface area (Å²) in [7, 11) is 0. The molecular weight excluding hydrogens is 252 g/mol. The van der Waals surface area contributed by atoms with Crippen LogP contribution in [0.15, 0.2) is 12.3 Å². The Labute approximate surface area is 120 Å². The fourth-order valence-corrected chi connectivity index (χ4v) is 2.99. The van der Waals surface area contributed by atoms with Gasteiger partial charge < -0.3 is 15.2 Å². The van der Waals surface area contributed by atoms with Crippen LogP contribution in [0, 0.1) is 0 Å². The largest absolute Gasteiger partial charge is 0.397 e. The van der Waals surface area contributed by atoms with E-state index in [1.54, 1.807) is 6.07 Å². The van der Waals surface area contributed by atoms with E-state index >= 15 is 0 Å². The Bertz CT molecular complexity index is 496. The summed E-state index contributed by atoms with van der Waals surface area (Å²) < 4.78 is 1.98. The van der Waals surface area contributed by atoms with Gasteiger partial charge in [0, 0.05) is 44.5 Å². The standard InChI is InChI=1S/C15H24N4O/c1-11(2)19-10-12(16)9-14(19)15(20)18-7-5-17(6-8-18)13-3-4-13/h9-11,13H,3-8,16H2,1-2H3. The number of nitrogens with zero attached hydrogens (tertiary/aromatic N) is 3. The lowest BCUT2D eigenvalue weighted by atomic mass is 10.2. The summed E-state index contributed by atoms with van der Waals surface area (Å²) >= 11 is 0. The summed E-state index contributed by atoms with van der Waals surface area (Å²) in [6, 6.07) is 2.84. The summed E-state index contributed by atoms with van der Waals surface area (Å²) in [6.45, 7) is 7.82. The molecule has 1 aliphatic carbocycles. The van der Waals surface area contributed by atoms with Crippen molar-refractivity contribution in [2.24, 2.45) is 0 Å². The molecule has 20 heavy (non-hydrogen) atoms. The third-order valence-electron chi connectivity index (χ3n) is 4.31. The molecule has 1 amide bonds. The van der Waals surface area contributed by atoms with Crippen LogP contribution in [0.1, 0.15) is 43.2 Å². The van der Waals surface area contributed by atoms with Crippen LogP contribution in [0.25, 0.3) is 0 Å². The highest BCUT2D eigenvalue weighted by Crippen LogP contribution is 2.28. The van der Waals surface area contributed by atoms with E-state index in [1.807, 2.05) is 15.7 Å². The predicted octanol–water partition coefficient (Wildman–Crippen LogP) is 1.57. The minimum Gasteiger partial charge on any atom is -0.397 e. The second-order valence-corrected chi connectivity index (χ2v) is 6.22. The number of carbonyl (C=O) groups excluding carboxylic acids is 1. The molecule has 1 saturated heterocycles. The number of hydrogen-bond donors (Lipinski definition) is 1. The molecule has 0 radical (unpaired) electrons. The number of hydrogen-bond acceptors (Lipinski definition) is 3. The number of aromatic nitrogens is 1. The predicted molar refractivity (Wildman–Crippen MR) is 79.7 cm³/mol. The van der Waals surface area contributed by atoms with Gasteiger partial charge in [0.05, 0.1) is 5.69 Å². The van der Waals surface area contributed by atoms with Crippen molar-refractivity contribution < 1.29 is 4.79 Å². The molecule has 3 rings (SSSR count). The first-order valence-electron chi connectivity index (χ1n) is 7.57. The van der Waals surface area contributed by atoms with Crippen molar-refractivity contribution in [3.05, 3.63) is 18.0 Å². The van der Waals surface area contributed by atoms with E-state index in [-0.39, 0.29) is 11.9 Å². The van der Waals surface area contributed by atoms with E-state index in [2.05, 4.69) is 18.7 Å². The Kier molecular flexibility index (Phi) is 3.46. The van der Waals surface area contributed by atoms with Gasteiger partial charge in [-0.1, -0.05) is 0 Å². The van der Waals surface area contributed by atoms with Gasteiger partial charge in [-0.15, -0.1) is 0 Å². The number of anilines is 1. The average molecular weight is 276 g/mol. The second-order valence-electron chi connectivity index (χ2n) is 6.22. The van der Waals surface area contributed by atoms with Crippen LogP contribution in [-0.4, -0.2) is 52.5 Å². The van der Waals surface area contributed by atoms with Crippen molar-refractivity contribution in [1.82, 2.24) is 14.4 Å². The van der Waals surface area contributed by atoms with Gasteiger partial charge in [-0.25, -0.2) is 0 Å². The second kappa shape index (κ2) is 5.13. The van der Waals surface area contributed by atoms with Crippen molar-refractivity contribution in [3.8, 4) is 0 Å². The molecule has 2 fully saturated rings. The topological polar surface area (TPSA) is 54.5 Å². The van der Waals surface area contributed by atoms with Crippen LogP contribution >= 0.6 is 0 Å². The molecule has 5 heteroatoms. The Morgan fingerprint density at radius 3 is 2.45 bits per heavy atom. The Hall–Kier alpha value is -1.49. The molecule has 1 aromatic heterocycles. The fraction of sp³-hybridized carbons (Fsp3) is 0.667. The first-order valence-corrected chi connectivity index (χ1v) is 7.57. The highest BCUT2D eigenvalue weighted by molar-refractivity contribution is 5.94. The molecule has 0 unspecified atom stereocenters. The van der Waals surface area contributed by atoms with Gasteiger partial charge in [0.25, 0.3) is 5.91 Å². The molecule has 2 N–H and O–H groups in total. The highest BCUT2D eigenvalue weighted by atomic mass is 16.2. The SMILES string of the molecule is CC(C)n1cc(N)cc1C(=O)N1CCN(C2CC2)CC1. The molecule has 0 atom stereocenters. The van der Waals surface area contributed by atoms with Crippen molar-refractivity contribution in [2.45, 2.75) is 38.8 Å². The fourth-order valence-electron chi connectivity index (χ4n) is 2.99. The lowest BCUT2D eigenvalue weighted by Crippen LogP contribution is -2.49. The molecule has 2 aliphatic rings. The number of carbonyl (C=O) groups is 1. The molecule has 1 aromatic rings. The average Bonchev–Trinajstić information content (AvgIpc) is 3.20. The number of rotatable bonds is 3. The van der Waals surface area contributed by atoms with Crippen LogP contribution in [-0.2, 0) is 0 Å². The molecule has 1 saturated carbocycles. The Morgan fingerprint density at radius 2 is 1.90 bits per heavy atom. The first kappa shape index (κ1) is 13.5. The van der Waals surface area contributed by atoms with E-state index < -0.39 is 0 Å². The Morgan fingerprint density at radius 1 is 1.25 bits per heavy atom. The smallest absolute Gasteiger partial charge is 0.270 e. The quantitative estimate of drug-likeness (QED) is 0.912. The van der Waals surface area contributed by atoms with E-state index in [1.165, 1.54) is 12.8 Å². The van der Waals surface area contributed by atoms with Crippen LogP contribution in [0.4, 0.5) is 5.69 Å². The monoisotopic (exact) mass is 276 g/mol. The van der Waals surface area contributed by atoms with Crippen molar-refractivity contribution in [2.75, 3.05) is 31.9 Å². The highest BCUT2D eigenvalue weighted by Gasteiger charge is 2.33. The number of nitrogen functional groups attached to an aromatic ring is 1. The Balaban J connectivity index is 1.69. The maximum absolute atomic E-state index is 12.7. The van der Waals surface area contributed by atoms with Crippen LogP contribution in [0.3, 0.4) is 0 Å². The summed E-state index contributed by atoms with van der Waals surface area (Å²) in [4.78, 5) is 17.1. The molecule has 0 aromatic carbocycles. The van der Waals surface area contributed by atoms with Crippen molar-refractivity contribution in [3.63, 3.8) is 0 Å². The maximum Gasteiger partial charge on any atom is 0.270 e. The van der Waals surface area contributed by atoms with Crippen molar-refractivity contribution in [1.29, 1.82) is 0 Å². The minimum absolute atomic E-state index is 0.117. The minimum atomic E-state index is 0.117. The van der Waals surface area contributed by atoms with Crippen molar-refractivity contribution >= 4 is 11.6 Å². The van der Waals surface area contributed by atoms with Crippen LogP contribution < -0.4 is 5.73 Å². The molecule has 0 spiro atoms. The third-order valence-corrected chi connectivity index (χ3v) is 4.31. The van der Waals surface area contributed by atoms with Gasteiger partial charge in [-0.05, 0) is 32.8 Å². The third kappa shape index (κ3) is 2.54. The molecule has 1 aliphatic heterocycles. The van der Waals surface area contributed by atoms with Gasteiger partial charge >= 0.3 is 0 Å². The summed E-state index contributed by atoms with van der Waals surface area (Å²) in [5.41, 5.74) is 7.24. The van der Waals surface area contributed by atoms with Gasteiger partial charge in [0.2, 0.25) is 0 Å². The lowest BCUT2D eigenvalue weighted by molar-refractivity contribution is 0.0615. The van der Waals surface area contributed by atoms with E-state index in [0.717, 1.165) is 37.9 Å². The molecule has 2 heterocycles. The number of nitrogens with two attached hydrogens (primary N) is 1. The number of piperazine rings is 1. The molecule has 0 bridgehead atoms.